The van der Waals surface area contributed by atoms with E-state index in [4.69, 9.17) is 0 Å². The summed E-state index contributed by atoms with van der Waals surface area (Å²) < 4.78 is 57.6. The molecule has 178 valence electrons. The van der Waals surface area contributed by atoms with Crippen LogP contribution in [0.2, 0.25) is 0 Å². The molecule has 0 aromatic heterocycles. The van der Waals surface area contributed by atoms with E-state index < -0.39 is 24.0 Å². The number of fused-ring (bicyclic) bond motifs is 1. The second-order valence-corrected chi connectivity index (χ2v) is 8.29. The second kappa shape index (κ2) is 11.1. The van der Waals surface area contributed by atoms with Crippen LogP contribution in [0.1, 0.15) is 42.9 Å². The van der Waals surface area contributed by atoms with E-state index in [1.807, 2.05) is 12.1 Å². The molecule has 0 saturated carbocycles. The zero-order valence-corrected chi connectivity index (χ0v) is 19.3. The van der Waals surface area contributed by atoms with Crippen LogP contribution in [0.25, 0.3) is 21.9 Å². The number of hydrogen-bond donors (Lipinski definition) is 0. The summed E-state index contributed by atoms with van der Waals surface area (Å²) in [4.78, 5) is 0. The molecule has 1 nitrogen and oxygen atoms in total. The van der Waals surface area contributed by atoms with Crippen LogP contribution in [-0.4, -0.2) is 6.61 Å². The molecule has 0 radical (unpaired) electrons. The van der Waals surface area contributed by atoms with Crippen LogP contribution in [0.5, 0.6) is 5.75 Å². The molecule has 5 heteroatoms. The molecule has 0 heterocycles. The van der Waals surface area contributed by atoms with Gasteiger partial charge in [0, 0.05) is 10.9 Å². The lowest BCUT2D eigenvalue weighted by atomic mass is 9.98. The summed E-state index contributed by atoms with van der Waals surface area (Å²) in [6, 6.07) is 20.8. The Labute approximate surface area is 202 Å². The van der Waals surface area contributed by atoms with Gasteiger partial charge in [-0.05, 0) is 65.3 Å². The number of rotatable bonds is 7. The SMILES string of the molecule is CCCCCc1ccc(-c2ccc3c(F)c(C#Cc4ccc(OC(F)F)c(F)c4)ccc3c2)cc1. The fraction of sp³-hybridized carbons (Fsp3) is 0.200. The molecule has 0 aliphatic heterocycles. The van der Waals surface area contributed by atoms with Crippen LogP contribution in [0.3, 0.4) is 0 Å². The molecule has 0 aliphatic rings. The maximum atomic E-state index is 15.1. The highest BCUT2D eigenvalue weighted by Crippen LogP contribution is 2.28. The maximum Gasteiger partial charge on any atom is 0.387 e. The summed E-state index contributed by atoms with van der Waals surface area (Å²) in [5, 5.41) is 1.18. The fourth-order valence-electron chi connectivity index (χ4n) is 3.92. The van der Waals surface area contributed by atoms with E-state index in [2.05, 4.69) is 47.8 Å². The molecular formula is C30H24F4O. The van der Waals surface area contributed by atoms with Crippen molar-refractivity contribution in [3.8, 4) is 28.7 Å². The first-order chi connectivity index (χ1) is 16.9. The minimum Gasteiger partial charge on any atom is -0.432 e. The summed E-state index contributed by atoms with van der Waals surface area (Å²) in [6.07, 6.45) is 4.68. The van der Waals surface area contributed by atoms with Gasteiger partial charge in [0.2, 0.25) is 0 Å². The third-order valence-electron chi connectivity index (χ3n) is 5.80. The average Bonchev–Trinajstić information content (AvgIpc) is 2.85. The molecule has 0 amide bonds. The second-order valence-electron chi connectivity index (χ2n) is 8.29. The Kier molecular flexibility index (Phi) is 7.72. The molecule has 0 saturated heterocycles. The summed E-state index contributed by atoms with van der Waals surface area (Å²) >= 11 is 0. The van der Waals surface area contributed by atoms with Crippen LogP contribution in [0.4, 0.5) is 17.6 Å². The maximum absolute atomic E-state index is 15.1. The molecule has 4 aromatic carbocycles. The van der Waals surface area contributed by atoms with Crippen molar-refractivity contribution in [1.82, 2.24) is 0 Å². The molecule has 4 aromatic rings. The van der Waals surface area contributed by atoms with E-state index in [-0.39, 0.29) is 11.1 Å². The summed E-state index contributed by atoms with van der Waals surface area (Å²) in [5.74, 6) is 3.38. The van der Waals surface area contributed by atoms with Crippen LogP contribution in [0.15, 0.2) is 72.8 Å². The minimum atomic E-state index is -3.12. The van der Waals surface area contributed by atoms with Gasteiger partial charge < -0.3 is 4.74 Å². The van der Waals surface area contributed by atoms with E-state index in [1.54, 1.807) is 18.2 Å². The summed E-state index contributed by atoms with van der Waals surface area (Å²) in [5.41, 5.74) is 3.76. The van der Waals surface area contributed by atoms with Gasteiger partial charge in [-0.2, -0.15) is 8.78 Å². The molecule has 0 spiro atoms. The van der Waals surface area contributed by atoms with Crippen molar-refractivity contribution in [2.24, 2.45) is 0 Å². The Hall–Kier alpha value is -3.78. The van der Waals surface area contributed by atoms with Crippen LogP contribution in [0, 0.1) is 23.5 Å². The van der Waals surface area contributed by atoms with Gasteiger partial charge in [0.1, 0.15) is 5.82 Å². The van der Waals surface area contributed by atoms with Gasteiger partial charge in [-0.25, -0.2) is 8.78 Å². The number of alkyl halides is 2. The molecule has 4 rings (SSSR count). The highest BCUT2D eigenvalue weighted by Gasteiger charge is 2.10. The van der Waals surface area contributed by atoms with E-state index in [1.165, 1.54) is 30.9 Å². The van der Waals surface area contributed by atoms with Crippen molar-refractivity contribution in [2.75, 3.05) is 0 Å². The Morgan fingerprint density at radius 1 is 0.800 bits per heavy atom. The zero-order chi connectivity index (χ0) is 24.8. The molecule has 0 fully saturated rings. The smallest absolute Gasteiger partial charge is 0.387 e. The highest BCUT2D eigenvalue weighted by molar-refractivity contribution is 5.89. The van der Waals surface area contributed by atoms with Gasteiger partial charge in [0.25, 0.3) is 0 Å². The highest BCUT2D eigenvalue weighted by atomic mass is 19.3. The topological polar surface area (TPSA) is 9.23 Å². The molecule has 0 N–H and O–H groups in total. The Balaban J connectivity index is 1.55. The zero-order valence-electron chi connectivity index (χ0n) is 19.3. The Morgan fingerprint density at radius 3 is 2.29 bits per heavy atom. The fourth-order valence-corrected chi connectivity index (χ4v) is 3.92. The third kappa shape index (κ3) is 6.02. The van der Waals surface area contributed by atoms with Gasteiger partial charge in [0.15, 0.2) is 11.6 Å². The molecule has 0 aliphatic carbocycles. The molecule has 0 atom stereocenters. The molecular weight excluding hydrogens is 452 g/mol. The van der Waals surface area contributed by atoms with E-state index in [0.29, 0.717) is 5.39 Å². The van der Waals surface area contributed by atoms with E-state index in [0.717, 1.165) is 35.1 Å². The summed E-state index contributed by atoms with van der Waals surface area (Å²) in [7, 11) is 0. The predicted octanol–water partition coefficient (Wildman–Crippen LogP) is 8.52. The first-order valence-electron chi connectivity index (χ1n) is 11.5. The van der Waals surface area contributed by atoms with Gasteiger partial charge in [-0.3, -0.25) is 0 Å². The van der Waals surface area contributed by atoms with Crippen LogP contribution in [-0.2, 0) is 6.42 Å². The number of unbranched alkanes of at least 4 members (excludes halogenated alkanes) is 2. The number of hydrogen-bond acceptors (Lipinski definition) is 1. The Morgan fingerprint density at radius 2 is 1.57 bits per heavy atom. The number of halogens is 4. The molecule has 35 heavy (non-hydrogen) atoms. The van der Waals surface area contributed by atoms with Crippen molar-refractivity contribution >= 4 is 10.8 Å². The van der Waals surface area contributed by atoms with Gasteiger partial charge >= 0.3 is 6.61 Å². The first-order valence-corrected chi connectivity index (χ1v) is 11.5. The Bertz CT molecular complexity index is 1380. The van der Waals surface area contributed by atoms with Crippen LogP contribution >= 0.6 is 0 Å². The van der Waals surface area contributed by atoms with E-state index >= 15 is 4.39 Å². The lowest BCUT2D eigenvalue weighted by Crippen LogP contribution is -2.03. The van der Waals surface area contributed by atoms with Gasteiger partial charge in [0.05, 0.1) is 5.56 Å². The summed E-state index contributed by atoms with van der Waals surface area (Å²) in [6.45, 7) is -0.930. The van der Waals surface area contributed by atoms with Gasteiger partial charge in [-0.15, -0.1) is 0 Å². The van der Waals surface area contributed by atoms with Crippen molar-refractivity contribution in [2.45, 2.75) is 39.2 Å². The van der Waals surface area contributed by atoms with Gasteiger partial charge in [-0.1, -0.05) is 74.1 Å². The van der Waals surface area contributed by atoms with Crippen LogP contribution < -0.4 is 4.74 Å². The average molecular weight is 477 g/mol. The van der Waals surface area contributed by atoms with Crippen molar-refractivity contribution in [3.05, 3.63) is 101 Å². The lowest BCUT2D eigenvalue weighted by Gasteiger charge is -2.08. The molecule has 0 unspecified atom stereocenters. The van der Waals surface area contributed by atoms with Crippen molar-refractivity contribution in [1.29, 1.82) is 0 Å². The van der Waals surface area contributed by atoms with E-state index in [9.17, 15) is 13.2 Å². The normalized spacial score (nSPS) is 10.9. The first kappa shape index (κ1) is 24.3. The molecule has 0 bridgehead atoms. The minimum absolute atomic E-state index is 0.162. The predicted molar refractivity (Wildman–Crippen MR) is 132 cm³/mol. The number of benzene rings is 4. The number of ether oxygens (including phenoxy) is 1. The largest absolute Gasteiger partial charge is 0.432 e. The van der Waals surface area contributed by atoms with Crippen molar-refractivity contribution in [3.63, 3.8) is 0 Å². The quantitative estimate of drug-likeness (QED) is 0.148. The third-order valence-corrected chi connectivity index (χ3v) is 5.80. The lowest BCUT2D eigenvalue weighted by molar-refractivity contribution is -0.0521. The standard InChI is InChI=1S/C30H24F4O/c1-2-3-4-5-20-6-10-22(11-7-20)24-15-16-26-25(19-24)14-13-23(29(26)32)12-8-21-9-17-28(27(31)18-21)35-30(33)34/h6-7,9-11,13-19,30H,2-5H2,1H3. The number of aryl methyl sites for hydroxylation is 1. The van der Waals surface area contributed by atoms with Crippen molar-refractivity contribution < 1.29 is 22.3 Å². The monoisotopic (exact) mass is 476 g/mol.